The van der Waals surface area contributed by atoms with Crippen molar-refractivity contribution in [1.29, 1.82) is 5.26 Å². The Morgan fingerprint density at radius 1 is 1.28 bits per heavy atom. The van der Waals surface area contributed by atoms with E-state index in [2.05, 4.69) is 16.3 Å². The minimum absolute atomic E-state index is 0.0866. The summed E-state index contributed by atoms with van der Waals surface area (Å²) >= 11 is 5.94. The van der Waals surface area contributed by atoms with E-state index in [0.717, 1.165) is 31.6 Å². The van der Waals surface area contributed by atoms with E-state index in [4.69, 9.17) is 21.6 Å². The smallest absolute Gasteiger partial charge is 0.317 e. The Kier molecular flexibility index (Phi) is 7.20. The first-order valence-electron chi connectivity index (χ1n) is 9.70. The molecule has 7 heteroatoms. The van der Waals surface area contributed by atoms with Crippen molar-refractivity contribution in [2.45, 2.75) is 18.9 Å². The maximum Gasteiger partial charge on any atom is 0.317 e. The van der Waals surface area contributed by atoms with E-state index in [9.17, 15) is 4.79 Å². The normalized spacial score (nSPS) is 14.2. The Bertz CT molecular complexity index is 858. The standard InChI is InChI=1S/C22H25ClN4O2/c1-26(13-14-29-21-4-2-3-18(23)15-21)22(28)25-19-9-11-27(12-10-19)20-7-5-17(16-24)6-8-20/h2-8,15,19H,9-14H2,1H3,(H,25,28). The molecule has 29 heavy (non-hydrogen) atoms. The van der Waals surface area contributed by atoms with Crippen LogP contribution in [0, 0.1) is 11.3 Å². The average Bonchev–Trinajstić information content (AvgIpc) is 2.74. The summed E-state index contributed by atoms with van der Waals surface area (Å²) in [6.45, 7) is 2.64. The van der Waals surface area contributed by atoms with Gasteiger partial charge >= 0.3 is 6.03 Å². The molecule has 0 radical (unpaired) electrons. The summed E-state index contributed by atoms with van der Waals surface area (Å²) in [7, 11) is 1.77. The monoisotopic (exact) mass is 412 g/mol. The Labute approximate surface area is 176 Å². The van der Waals surface area contributed by atoms with E-state index in [1.165, 1.54) is 0 Å². The molecule has 0 spiro atoms. The van der Waals surface area contributed by atoms with Gasteiger partial charge in [0.05, 0.1) is 18.2 Å². The van der Waals surface area contributed by atoms with E-state index < -0.39 is 0 Å². The fraction of sp³-hybridized carbons (Fsp3) is 0.364. The topological polar surface area (TPSA) is 68.6 Å². The SMILES string of the molecule is CN(CCOc1cccc(Cl)c1)C(=O)NC1CCN(c2ccc(C#N)cc2)CC1. The molecular formula is C22H25ClN4O2. The minimum Gasteiger partial charge on any atom is -0.492 e. The molecule has 1 heterocycles. The summed E-state index contributed by atoms with van der Waals surface area (Å²) < 4.78 is 5.64. The number of urea groups is 1. The van der Waals surface area contributed by atoms with Gasteiger partial charge in [0.1, 0.15) is 12.4 Å². The predicted molar refractivity (Wildman–Crippen MR) is 115 cm³/mol. The Balaban J connectivity index is 1.38. The predicted octanol–water partition coefficient (Wildman–Crippen LogP) is 3.90. The summed E-state index contributed by atoms with van der Waals surface area (Å²) in [6.07, 6.45) is 1.77. The zero-order chi connectivity index (χ0) is 20.6. The number of hydrogen-bond acceptors (Lipinski definition) is 4. The van der Waals surface area contributed by atoms with Gasteiger partial charge < -0.3 is 19.9 Å². The minimum atomic E-state index is -0.0866. The highest BCUT2D eigenvalue weighted by Crippen LogP contribution is 2.21. The number of anilines is 1. The molecule has 0 aliphatic carbocycles. The number of carbonyl (C=O) groups is 1. The molecule has 1 N–H and O–H groups in total. The van der Waals surface area contributed by atoms with Crippen molar-refractivity contribution < 1.29 is 9.53 Å². The Morgan fingerprint density at radius 2 is 2.00 bits per heavy atom. The molecule has 1 saturated heterocycles. The highest BCUT2D eigenvalue weighted by atomic mass is 35.5. The third-order valence-corrected chi connectivity index (χ3v) is 5.26. The molecule has 2 aromatic carbocycles. The molecule has 0 atom stereocenters. The molecule has 0 bridgehead atoms. The Morgan fingerprint density at radius 3 is 2.66 bits per heavy atom. The largest absolute Gasteiger partial charge is 0.492 e. The van der Waals surface area contributed by atoms with Crippen LogP contribution in [0.3, 0.4) is 0 Å². The van der Waals surface area contributed by atoms with Crippen molar-refractivity contribution in [3.8, 4) is 11.8 Å². The van der Waals surface area contributed by atoms with Crippen LogP contribution < -0.4 is 15.0 Å². The van der Waals surface area contributed by atoms with Crippen molar-refractivity contribution in [2.24, 2.45) is 0 Å². The Hall–Kier alpha value is -2.91. The fourth-order valence-electron chi connectivity index (χ4n) is 3.27. The highest BCUT2D eigenvalue weighted by Gasteiger charge is 2.22. The number of nitriles is 1. The first-order valence-corrected chi connectivity index (χ1v) is 10.1. The fourth-order valence-corrected chi connectivity index (χ4v) is 3.45. The van der Waals surface area contributed by atoms with E-state index in [-0.39, 0.29) is 12.1 Å². The maximum absolute atomic E-state index is 12.4. The molecule has 3 rings (SSSR count). The first-order chi connectivity index (χ1) is 14.0. The van der Waals surface area contributed by atoms with Crippen LogP contribution in [0.25, 0.3) is 0 Å². The van der Waals surface area contributed by atoms with Gasteiger partial charge in [-0.3, -0.25) is 0 Å². The van der Waals surface area contributed by atoms with E-state index >= 15 is 0 Å². The first kappa shape index (κ1) is 20.8. The maximum atomic E-state index is 12.4. The number of halogens is 1. The van der Waals surface area contributed by atoms with Crippen LogP contribution in [0.4, 0.5) is 10.5 Å². The molecule has 2 amide bonds. The van der Waals surface area contributed by atoms with Gasteiger partial charge in [0.15, 0.2) is 0 Å². The van der Waals surface area contributed by atoms with Gasteiger partial charge in [0, 0.05) is 36.9 Å². The highest BCUT2D eigenvalue weighted by molar-refractivity contribution is 6.30. The third-order valence-electron chi connectivity index (χ3n) is 5.02. The van der Waals surface area contributed by atoms with Crippen LogP contribution in [0.15, 0.2) is 48.5 Å². The van der Waals surface area contributed by atoms with Crippen LogP contribution in [0.2, 0.25) is 5.02 Å². The number of rotatable bonds is 6. The van der Waals surface area contributed by atoms with Gasteiger partial charge in [-0.05, 0) is 55.3 Å². The quantitative estimate of drug-likeness (QED) is 0.781. The number of nitrogens with one attached hydrogen (secondary N) is 1. The zero-order valence-corrected chi connectivity index (χ0v) is 17.2. The van der Waals surface area contributed by atoms with Crippen molar-refractivity contribution in [2.75, 3.05) is 38.2 Å². The lowest BCUT2D eigenvalue weighted by Crippen LogP contribution is -2.49. The number of piperidine rings is 1. The molecule has 152 valence electrons. The summed E-state index contributed by atoms with van der Waals surface area (Å²) in [6, 6.07) is 17.1. The molecule has 0 unspecified atom stereocenters. The lowest BCUT2D eigenvalue weighted by atomic mass is 10.0. The lowest BCUT2D eigenvalue weighted by Gasteiger charge is -2.34. The number of nitrogens with zero attached hydrogens (tertiary/aromatic N) is 3. The van der Waals surface area contributed by atoms with Crippen molar-refractivity contribution in [1.82, 2.24) is 10.2 Å². The van der Waals surface area contributed by atoms with Crippen molar-refractivity contribution in [3.05, 3.63) is 59.1 Å². The van der Waals surface area contributed by atoms with Gasteiger partial charge in [-0.1, -0.05) is 17.7 Å². The lowest BCUT2D eigenvalue weighted by molar-refractivity contribution is 0.189. The third kappa shape index (κ3) is 6.03. The summed E-state index contributed by atoms with van der Waals surface area (Å²) in [5.74, 6) is 0.696. The number of benzene rings is 2. The number of carbonyl (C=O) groups excluding carboxylic acids is 1. The second-order valence-corrected chi connectivity index (χ2v) is 7.53. The number of ether oxygens (including phenoxy) is 1. The molecule has 2 aromatic rings. The number of hydrogen-bond donors (Lipinski definition) is 1. The summed E-state index contributed by atoms with van der Waals surface area (Å²) in [5, 5.41) is 12.6. The van der Waals surface area contributed by atoms with Gasteiger partial charge in [0.2, 0.25) is 0 Å². The molecule has 0 saturated carbocycles. The molecule has 1 aliphatic heterocycles. The number of amides is 2. The van der Waals surface area contributed by atoms with Crippen molar-refractivity contribution >= 4 is 23.3 Å². The molecular weight excluding hydrogens is 388 g/mol. The van der Waals surface area contributed by atoms with E-state index in [1.54, 1.807) is 24.1 Å². The average molecular weight is 413 g/mol. The zero-order valence-electron chi connectivity index (χ0n) is 16.5. The van der Waals surface area contributed by atoms with E-state index in [1.807, 2.05) is 36.4 Å². The van der Waals surface area contributed by atoms with Crippen LogP contribution in [0.5, 0.6) is 5.75 Å². The summed E-state index contributed by atoms with van der Waals surface area (Å²) in [5.41, 5.74) is 1.78. The second kappa shape index (κ2) is 10.0. The van der Waals surface area contributed by atoms with Crippen LogP contribution in [-0.2, 0) is 0 Å². The van der Waals surface area contributed by atoms with Crippen LogP contribution in [-0.4, -0.2) is 50.3 Å². The number of likely N-dealkylation sites (N-methyl/N-ethyl adjacent to an activating group) is 1. The van der Waals surface area contributed by atoms with Crippen LogP contribution in [0.1, 0.15) is 18.4 Å². The van der Waals surface area contributed by atoms with E-state index in [0.29, 0.717) is 29.5 Å². The molecule has 1 fully saturated rings. The van der Waals surface area contributed by atoms with Gasteiger partial charge in [0.25, 0.3) is 0 Å². The molecule has 6 nitrogen and oxygen atoms in total. The van der Waals surface area contributed by atoms with Gasteiger partial charge in [-0.15, -0.1) is 0 Å². The summed E-state index contributed by atoms with van der Waals surface area (Å²) in [4.78, 5) is 16.3. The second-order valence-electron chi connectivity index (χ2n) is 7.10. The van der Waals surface area contributed by atoms with Gasteiger partial charge in [-0.25, -0.2) is 4.79 Å². The van der Waals surface area contributed by atoms with Crippen molar-refractivity contribution in [3.63, 3.8) is 0 Å². The van der Waals surface area contributed by atoms with Gasteiger partial charge in [-0.2, -0.15) is 5.26 Å². The molecule has 0 aromatic heterocycles. The molecule has 1 aliphatic rings. The van der Waals surface area contributed by atoms with Crippen LogP contribution >= 0.6 is 11.6 Å².